The smallest absolute Gasteiger partial charge is 0.164 e. The minimum absolute atomic E-state index is 0.435. The van der Waals surface area contributed by atoms with Gasteiger partial charge in [-0.1, -0.05) is 12.7 Å². The number of nitrogens with zero attached hydrogens (tertiary/aromatic N) is 1. The third-order valence-electron chi connectivity index (χ3n) is 0.709. The van der Waals surface area contributed by atoms with E-state index in [2.05, 4.69) is 27.5 Å². The van der Waals surface area contributed by atoms with E-state index in [9.17, 15) is 4.79 Å². The average molecular weight is 202 g/mol. The standard InChI is InChI=1S/C7H8BrNO/c1-3-4-7(8)9-6(2)5-10/h3-5H,1H2,2H3/b7-4-,9-6+. The summed E-state index contributed by atoms with van der Waals surface area (Å²) >= 11 is 3.12. The van der Waals surface area contributed by atoms with Gasteiger partial charge in [-0.2, -0.15) is 0 Å². The van der Waals surface area contributed by atoms with Gasteiger partial charge in [-0.05, 0) is 28.9 Å². The Bertz CT molecular complexity index is 194. The highest BCUT2D eigenvalue weighted by Gasteiger charge is 1.86. The van der Waals surface area contributed by atoms with Crippen LogP contribution in [0.15, 0.2) is 28.3 Å². The zero-order valence-electron chi connectivity index (χ0n) is 5.67. The number of halogens is 1. The number of rotatable bonds is 3. The molecule has 0 aromatic carbocycles. The van der Waals surface area contributed by atoms with Crippen LogP contribution in [0.25, 0.3) is 0 Å². The van der Waals surface area contributed by atoms with E-state index in [0.29, 0.717) is 16.6 Å². The fourth-order valence-corrected chi connectivity index (χ4v) is 0.796. The summed E-state index contributed by atoms with van der Waals surface area (Å²) in [5, 5.41) is 0. The van der Waals surface area contributed by atoms with Gasteiger partial charge in [0.15, 0.2) is 6.29 Å². The van der Waals surface area contributed by atoms with Gasteiger partial charge in [0.25, 0.3) is 0 Å². The second-order valence-electron chi connectivity index (χ2n) is 1.60. The molecule has 0 spiro atoms. The highest BCUT2D eigenvalue weighted by molar-refractivity contribution is 9.11. The lowest BCUT2D eigenvalue weighted by molar-refractivity contribution is -0.102. The van der Waals surface area contributed by atoms with Gasteiger partial charge in [-0.15, -0.1) is 0 Å². The third kappa shape index (κ3) is 4.21. The average Bonchev–Trinajstić information content (AvgIpc) is 1.88. The van der Waals surface area contributed by atoms with Crippen LogP contribution < -0.4 is 0 Å². The molecule has 0 N–H and O–H groups in total. The lowest BCUT2D eigenvalue weighted by Gasteiger charge is -1.86. The minimum atomic E-state index is 0.435. The number of hydrogen-bond acceptors (Lipinski definition) is 2. The summed E-state index contributed by atoms with van der Waals surface area (Å²) in [5.41, 5.74) is 0.435. The number of aliphatic imine (C=N–C) groups is 1. The molecule has 0 amide bonds. The van der Waals surface area contributed by atoms with Crippen LogP contribution >= 0.6 is 15.9 Å². The molecular weight excluding hydrogens is 194 g/mol. The van der Waals surface area contributed by atoms with Crippen molar-refractivity contribution in [3.63, 3.8) is 0 Å². The number of hydrogen-bond donors (Lipinski definition) is 0. The minimum Gasteiger partial charge on any atom is -0.297 e. The van der Waals surface area contributed by atoms with Crippen LogP contribution in [-0.4, -0.2) is 12.0 Å². The molecule has 0 rings (SSSR count). The number of carbonyl (C=O) groups is 1. The first-order valence-corrected chi connectivity index (χ1v) is 3.48. The van der Waals surface area contributed by atoms with E-state index in [4.69, 9.17) is 0 Å². The van der Waals surface area contributed by atoms with Crippen LogP contribution in [0, 0.1) is 0 Å². The van der Waals surface area contributed by atoms with E-state index in [1.807, 2.05) is 0 Å². The number of carbonyl (C=O) groups excluding carboxylic acids is 1. The van der Waals surface area contributed by atoms with Crippen molar-refractivity contribution in [3.8, 4) is 0 Å². The van der Waals surface area contributed by atoms with Gasteiger partial charge in [0.1, 0.15) is 4.61 Å². The molecule has 0 aliphatic carbocycles. The molecule has 0 heterocycles. The van der Waals surface area contributed by atoms with Crippen molar-refractivity contribution in [2.24, 2.45) is 4.99 Å². The van der Waals surface area contributed by atoms with Crippen LogP contribution in [0.5, 0.6) is 0 Å². The molecule has 0 aromatic heterocycles. The Morgan fingerprint density at radius 1 is 1.70 bits per heavy atom. The van der Waals surface area contributed by atoms with E-state index < -0.39 is 0 Å². The Balaban J connectivity index is 4.24. The van der Waals surface area contributed by atoms with Gasteiger partial charge in [-0.25, -0.2) is 4.99 Å². The van der Waals surface area contributed by atoms with Crippen molar-refractivity contribution in [1.29, 1.82) is 0 Å². The van der Waals surface area contributed by atoms with Crippen LogP contribution in [0.2, 0.25) is 0 Å². The predicted molar refractivity (Wildman–Crippen MR) is 46.4 cm³/mol. The molecule has 0 saturated heterocycles. The Morgan fingerprint density at radius 3 is 2.70 bits per heavy atom. The van der Waals surface area contributed by atoms with E-state index in [1.165, 1.54) is 0 Å². The van der Waals surface area contributed by atoms with Crippen molar-refractivity contribution in [2.75, 3.05) is 0 Å². The van der Waals surface area contributed by atoms with E-state index in [0.717, 1.165) is 0 Å². The lowest BCUT2D eigenvalue weighted by atomic mass is 10.5. The lowest BCUT2D eigenvalue weighted by Crippen LogP contribution is -1.89. The highest BCUT2D eigenvalue weighted by atomic mass is 79.9. The molecule has 54 valence electrons. The maximum atomic E-state index is 10.0. The topological polar surface area (TPSA) is 29.4 Å². The maximum absolute atomic E-state index is 10.0. The molecule has 0 aliphatic heterocycles. The zero-order chi connectivity index (χ0) is 7.98. The molecular formula is C7H8BrNO. The first-order valence-electron chi connectivity index (χ1n) is 2.69. The Hall–Kier alpha value is -0.700. The second-order valence-corrected chi connectivity index (χ2v) is 2.41. The predicted octanol–water partition coefficient (Wildman–Crippen LogP) is 2.07. The van der Waals surface area contributed by atoms with Crippen LogP contribution in [0.4, 0.5) is 0 Å². The van der Waals surface area contributed by atoms with Crippen LogP contribution in [0.1, 0.15) is 6.92 Å². The van der Waals surface area contributed by atoms with E-state index in [1.54, 1.807) is 19.1 Å². The zero-order valence-corrected chi connectivity index (χ0v) is 7.26. The van der Waals surface area contributed by atoms with Gasteiger partial charge in [0.05, 0.1) is 5.71 Å². The molecule has 2 nitrogen and oxygen atoms in total. The van der Waals surface area contributed by atoms with E-state index >= 15 is 0 Å². The van der Waals surface area contributed by atoms with Crippen LogP contribution in [-0.2, 0) is 4.79 Å². The van der Waals surface area contributed by atoms with Gasteiger partial charge in [0.2, 0.25) is 0 Å². The molecule has 0 aromatic rings. The molecule has 0 unspecified atom stereocenters. The molecule has 0 atom stereocenters. The Morgan fingerprint density at radius 2 is 2.30 bits per heavy atom. The van der Waals surface area contributed by atoms with Crippen molar-refractivity contribution in [1.82, 2.24) is 0 Å². The second kappa shape index (κ2) is 5.11. The summed E-state index contributed by atoms with van der Waals surface area (Å²) in [6.07, 6.45) is 3.94. The summed E-state index contributed by atoms with van der Waals surface area (Å²) < 4.78 is 0.604. The molecule has 0 aliphatic rings. The van der Waals surface area contributed by atoms with Gasteiger partial charge < -0.3 is 0 Å². The Kier molecular flexibility index (Phi) is 4.76. The van der Waals surface area contributed by atoms with E-state index in [-0.39, 0.29) is 0 Å². The summed E-state index contributed by atoms with van der Waals surface area (Å²) in [4.78, 5) is 13.9. The largest absolute Gasteiger partial charge is 0.297 e. The Labute approximate surface area is 68.5 Å². The molecule has 0 saturated carbocycles. The monoisotopic (exact) mass is 201 g/mol. The van der Waals surface area contributed by atoms with Crippen molar-refractivity contribution in [2.45, 2.75) is 6.92 Å². The van der Waals surface area contributed by atoms with Crippen molar-refractivity contribution >= 4 is 27.9 Å². The quantitative estimate of drug-likeness (QED) is 0.298. The molecule has 0 fully saturated rings. The first-order chi connectivity index (χ1) is 4.70. The highest BCUT2D eigenvalue weighted by Crippen LogP contribution is 2.05. The van der Waals surface area contributed by atoms with Crippen molar-refractivity contribution < 1.29 is 4.79 Å². The number of aldehydes is 1. The summed E-state index contributed by atoms with van der Waals surface area (Å²) in [5.74, 6) is 0. The summed E-state index contributed by atoms with van der Waals surface area (Å²) in [7, 11) is 0. The fourth-order valence-electron chi connectivity index (χ4n) is 0.329. The van der Waals surface area contributed by atoms with Crippen molar-refractivity contribution in [3.05, 3.63) is 23.3 Å². The summed E-state index contributed by atoms with van der Waals surface area (Å²) in [6.45, 7) is 5.10. The fraction of sp³-hybridized carbons (Fsp3) is 0.143. The van der Waals surface area contributed by atoms with Gasteiger partial charge >= 0.3 is 0 Å². The molecule has 10 heavy (non-hydrogen) atoms. The first kappa shape index (κ1) is 9.30. The molecule has 0 bridgehead atoms. The summed E-state index contributed by atoms with van der Waals surface area (Å²) in [6, 6.07) is 0. The number of allylic oxidation sites excluding steroid dienone is 2. The normalized spacial score (nSPS) is 13.0. The molecule has 0 radical (unpaired) electrons. The van der Waals surface area contributed by atoms with Gasteiger partial charge in [0, 0.05) is 0 Å². The third-order valence-corrected chi connectivity index (χ3v) is 1.15. The maximum Gasteiger partial charge on any atom is 0.164 e. The van der Waals surface area contributed by atoms with Crippen LogP contribution in [0.3, 0.4) is 0 Å². The molecule has 3 heteroatoms. The van der Waals surface area contributed by atoms with Gasteiger partial charge in [-0.3, -0.25) is 4.79 Å². The SMILES string of the molecule is C=C/C=C(Br)\N=C(/C)C=O.